The standard InChI is InChI=1S/C21H31ClN2O6Si/c1-14(22)30-20(27)29-13-16-17(18(25)24(16)31(5,6)21(2,3)4)23-19(26)28-12-15-10-8-7-9-11-15/h7-11,14,16-17H,12-13H2,1-6H3,(H,23,26)/t14?,16-,17+/m0/s1. The fraction of sp³-hybridized carbons (Fsp3) is 0.571. The highest BCUT2D eigenvalue weighted by atomic mass is 35.5. The molecule has 0 aromatic heterocycles. The Morgan fingerprint density at radius 1 is 1.19 bits per heavy atom. The number of ether oxygens (including phenoxy) is 3. The van der Waals surface area contributed by atoms with Gasteiger partial charge in [-0.3, -0.25) is 4.79 Å². The van der Waals surface area contributed by atoms with E-state index in [2.05, 4.69) is 39.2 Å². The van der Waals surface area contributed by atoms with Gasteiger partial charge in [-0.1, -0.05) is 75.8 Å². The van der Waals surface area contributed by atoms with Gasteiger partial charge in [0, 0.05) is 0 Å². The molecule has 172 valence electrons. The zero-order valence-electron chi connectivity index (χ0n) is 18.8. The number of alkyl carbamates (subject to hydrolysis) is 1. The Morgan fingerprint density at radius 3 is 2.35 bits per heavy atom. The second-order valence-corrected chi connectivity index (χ2v) is 14.7. The van der Waals surface area contributed by atoms with E-state index in [1.807, 2.05) is 30.3 Å². The molecular weight excluding hydrogens is 440 g/mol. The molecule has 1 fully saturated rings. The van der Waals surface area contributed by atoms with Crippen LogP contribution in [0.2, 0.25) is 18.1 Å². The summed E-state index contributed by atoms with van der Waals surface area (Å²) < 4.78 is 17.0. The van der Waals surface area contributed by atoms with Gasteiger partial charge in [-0.05, 0) is 17.5 Å². The molecule has 0 spiro atoms. The van der Waals surface area contributed by atoms with E-state index in [-0.39, 0.29) is 24.2 Å². The summed E-state index contributed by atoms with van der Waals surface area (Å²) in [6, 6.07) is 7.86. The van der Waals surface area contributed by atoms with Crippen LogP contribution in [-0.2, 0) is 25.6 Å². The second-order valence-electron chi connectivity index (χ2n) is 8.99. The van der Waals surface area contributed by atoms with E-state index in [9.17, 15) is 14.4 Å². The van der Waals surface area contributed by atoms with Crippen molar-refractivity contribution in [2.24, 2.45) is 0 Å². The number of alkyl halides is 1. The van der Waals surface area contributed by atoms with Crippen LogP contribution in [-0.4, -0.2) is 55.2 Å². The molecule has 1 aromatic rings. The van der Waals surface area contributed by atoms with Crippen LogP contribution in [0, 0.1) is 0 Å². The number of amides is 2. The molecule has 0 bridgehead atoms. The van der Waals surface area contributed by atoms with Crippen LogP contribution in [0.25, 0.3) is 0 Å². The molecule has 3 atom stereocenters. The summed E-state index contributed by atoms with van der Waals surface area (Å²) in [5.41, 5.74) is -0.00721. The van der Waals surface area contributed by atoms with Crippen molar-refractivity contribution >= 4 is 38.0 Å². The lowest BCUT2D eigenvalue weighted by atomic mass is 10.00. The zero-order chi connectivity index (χ0) is 23.4. The van der Waals surface area contributed by atoms with Crippen LogP contribution in [0.4, 0.5) is 9.59 Å². The smallest absolute Gasteiger partial charge is 0.445 e. The molecule has 0 aliphatic carbocycles. The van der Waals surface area contributed by atoms with Crippen LogP contribution in [0.15, 0.2) is 30.3 Å². The maximum absolute atomic E-state index is 13.0. The lowest BCUT2D eigenvalue weighted by Crippen LogP contribution is -2.79. The lowest BCUT2D eigenvalue weighted by Gasteiger charge is -2.57. The number of hydrogen-bond acceptors (Lipinski definition) is 6. The normalized spacial score (nSPS) is 19.8. The minimum Gasteiger partial charge on any atom is -0.445 e. The Balaban J connectivity index is 2.07. The first kappa shape index (κ1) is 25.0. The van der Waals surface area contributed by atoms with Crippen molar-refractivity contribution in [3.05, 3.63) is 35.9 Å². The lowest BCUT2D eigenvalue weighted by molar-refractivity contribution is -0.145. The molecule has 31 heavy (non-hydrogen) atoms. The monoisotopic (exact) mass is 470 g/mol. The third-order valence-electron chi connectivity index (χ3n) is 5.77. The SMILES string of the molecule is CC(Cl)OC(=O)OC[C@H]1[C@@H](NC(=O)OCc2ccccc2)C(=O)N1[Si](C)(C)C(C)(C)C. The molecule has 1 aromatic carbocycles. The largest absolute Gasteiger partial charge is 0.509 e. The van der Waals surface area contributed by atoms with E-state index in [1.165, 1.54) is 6.92 Å². The summed E-state index contributed by atoms with van der Waals surface area (Å²) in [4.78, 5) is 37.1. The quantitative estimate of drug-likeness (QED) is 0.277. The van der Waals surface area contributed by atoms with E-state index >= 15 is 0 Å². The van der Waals surface area contributed by atoms with Crippen LogP contribution >= 0.6 is 11.6 Å². The minimum absolute atomic E-state index is 0.0840. The average Bonchev–Trinajstić information content (AvgIpc) is 2.66. The number of rotatable bonds is 7. The molecule has 10 heteroatoms. The Bertz CT molecular complexity index is 797. The van der Waals surface area contributed by atoms with Crippen molar-refractivity contribution in [2.75, 3.05) is 6.61 Å². The van der Waals surface area contributed by atoms with Crippen LogP contribution in [0.5, 0.6) is 0 Å². The number of halogens is 1. The van der Waals surface area contributed by atoms with Gasteiger partial charge in [-0.15, -0.1) is 0 Å². The van der Waals surface area contributed by atoms with E-state index < -0.39 is 38.1 Å². The van der Waals surface area contributed by atoms with Gasteiger partial charge in [-0.2, -0.15) is 0 Å². The van der Waals surface area contributed by atoms with Crippen molar-refractivity contribution in [1.82, 2.24) is 9.88 Å². The predicted molar refractivity (Wildman–Crippen MR) is 119 cm³/mol. The molecule has 1 N–H and O–H groups in total. The molecule has 0 radical (unpaired) electrons. The van der Waals surface area contributed by atoms with E-state index in [1.54, 1.807) is 4.57 Å². The van der Waals surface area contributed by atoms with Gasteiger partial charge in [0.1, 0.15) is 19.3 Å². The second kappa shape index (κ2) is 9.91. The first-order chi connectivity index (χ1) is 14.3. The molecule has 8 nitrogen and oxygen atoms in total. The summed E-state index contributed by atoms with van der Waals surface area (Å²) in [7, 11) is -2.28. The Hall–Kier alpha value is -2.26. The molecule has 1 unspecified atom stereocenters. The molecule has 0 saturated carbocycles. The van der Waals surface area contributed by atoms with Gasteiger partial charge >= 0.3 is 12.2 Å². The summed E-state index contributed by atoms with van der Waals surface area (Å²) in [6.07, 6.45) is -1.64. The average molecular weight is 471 g/mol. The number of carbonyl (C=O) groups is 3. The molecule has 2 amide bonds. The van der Waals surface area contributed by atoms with Crippen molar-refractivity contribution in [3.8, 4) is 0 Å². The van der Waals surface area contributed by atoms with Crippen LogP contribution in [0.1, 0.15) is 33.3 Å². The number of nitrogens with one attached hydrogen (secondary N) is 1. The third-order valence-corrected chi connectivity index (χ3v) is 11.3. The summed E-state index contributed by atoms with van der Waals surface area (Å²) >= 11 is 5.65. The van der Waals surface area contributed by atoms with Gasteiger partial charge in [0.05, 0.1) is 6.04 Å². The first-order valence-corrected chi connectivity index (χ1v) is 13.5. The minimum atomic E-state index is -2.28. The van der Waals surface area contributed by atoms with Crippen molar-refractivity contribution in [3.63, 3.8) is 0 Å². The fourth-order valence-corrected chi connectivity index (χ4v) is 5.67. The van der Waals surface area contributed by atoms with Crippen LogP contribution in [0.3, 0.4) is 0 Å². The molecule has 1 heterocycles. The van der Waals surface area contributed by atoms with Gasteiger partial charge in [0.25, 0.3) is 0 Å². The summed E-state index contributed by atoms with van der Waals surface area (Å²) in [6.45, 7) is 11.8. The Labute approximate surface area is 189 Å². The summed E-state index contributed by atoms with van der Waals surface area (Å²) in [5.74, 6) is -0.212. The molecular formula is C21H31ClN2O6Si. The van der Waals surface area contributed by atoms with Gasteiger partial charge in [0.15, 0.2) is 13.8 Å². The van der Waals surface area contributed by atoms with Crippen LogP contribution < -0.4 is 5.32 Å². The Morgan fingerprint density at radius 2 is 1.81 bits per heavy atom. The molecule has 1 saturated heterocycles. The topological polar surface area (TPSA) is 94.2 Å². The molecule has 1 aliphatic heterocycles. The predicted octanol–water partition coefficient (Wildman–Crippen LogP) is 4.24. The van der Waals surface area contributed by atoms with E-state index in [0.29, 0.717) is 0 Å². The highest BCUT2D eigenvalue weighted by molar-refractivity contribution is 6.80. The maximum Gasteiger partial charge on any atom is 0.509 e. The van der Waals surface area contributed by atoms with E-state index in [0.717, 1.165) is 5.56 Å². The van der Waals surface area contributed by atoms with Crippen molar-refractivity contribution in [2.45, 2.75) is 70.1 Å². The van der Waals surface area contributed by atoms with Gasteiger partial charge in [0.2, 0.25) is 5.91 Å². The highest BCUT2D eigenvalue weighted by Crippen LogP contribution is 2.43. The van der Waals surface area contributed by atoms with Crippen molar-refractivity contribution < 1.29 is 28.6 Å². The van der Waals surface area contributed by atoms with Crippen molar-refractivity contribution in [1.29, 1.82) is 0 Å². The van der Waals surface area contributed by atoms with Gasteiger partial charge in [-0.25, -0.2) is 9.59 Å². The third kappa shape index (κ3) is 6.13. The highest BCUT2D eigenvalue weighted by Gasteiger charge is 2.58. The fourth-order valence-electron chi connectivity index (χ4n) is 3.14. The number of β-lactam (4-membered cyclic amide) rings is 1. The zero-order valence-corrected chi connectivity index (χ0v) is 20.6. The number of carbonyl (C=O) groups excluding carboxylic acids is 3. The summed E-state index contributed by atoms with van der Waals surface area (Å²) in [5, 5.41) is 2.48. The van der Waals surface area contributed by atoms with E-state index in [4.69, 9.17) is 25.8 Å². The molecule has 2 rings (SSSR count). The number of benzene rings is 1. The number of nitrogens with zero attached hydrogens (tertiary/aromatic N) is 1. The molecule has 1 aliphatic rings. The Kier molecular flexibility index (Phi) is 7.99. The number of hydrogen-bond donors (Lipinski definition) is 1. The first-order valence-electron chi connectivity index (χ1n) is 10.1. The maximum atomic E-state index is 13.0. The van der Waals surface area contributed by atoms with Gasteiger partial charge < -0.3 is 24.1 Å².